The van der Waals surface area contributed by atoms with Crippen molar-refractivity contribution in [3.8, 4) is 33.5 Å². The molecular weight excluding hydrogens is 374 g/mol. The van der Waals surface area contributed by atoms with Gasteiger partial charge in [-0.05, 0) is 43.9 Å². The highest BCUT2D eigenvalue weighted by Gasteiger charge is 2.32. The van der Waals surface area contributed by atoms with Crippen molar-refractivity contribution in [1.29, 1.82) is 0 Å². The van der Waals surface area contributed by atoms with Crippen molar-refractivity contribution in [3.63, 3.8) is 0 Å². The summed E-state index contributed by atoms with van der Waals surface area (Å²) < 4.78 is 6.09. The Morgan fingerprint density at radius 3 is 2.57 bits per heavy atom. The number of fused-ring (bicyclic) bond motifs is 2. The molecule has 0 saturated carbocycles. The van der Waals surface area contributed by atoms with Crippen molar-refractivity contribution < 1.29 is 9.84 Å². The van der Waals surface area contributed by atoms with Crippen LogP contribution in [0.4, 0.5) is 0 Å². The van der Waals surface area contributed by atoms with E-state index in [9.17, 15) is 5.11 Å². The average Bonchev–Trinajstić information content (AvgIpc) is 3.23. The van der Waals surface area contributed by atoms with Gasteiger partial charge < -0.3 is 15.2 Å². The number of hydrogen-bond acceptors (Lipinski definition) is 8. The molecule has 3 aromatic rings. The summed E-state index contributed by atoms with van der Waals surface area (Å²) in [5.41, 5.74) is 3.73. The quantitative estimate of drug-likeness (QED) is 0.699. The molecule has 2 saturated heterocycles. The number of aromatic hydroxyl groups is 1. The van der Waals surface area contributed by atoms with Gasteiger partial charge in [-0.1, -0.05) is 23.8 Å². The standard InChI is InChI=1S/C20H21N5O2S/c26-18-8-12(20-25-21-11-28-20)4-5-16(18)17-6-7-19(24-23-17)27-15-9-13-2-1-3-14(10-15)22-13/h4-8,11,13-15,22,26H,1-3,9-10H2. The van der Waals surface area contributed by atoms with Gasteiger partial charge in [0.1, 0.15) is 22.4 Å². The molecule has 0 amide bonds. The fourth-order valence-corrected chi connectivity index (χ4v) is 4.74. The van der Waals surface area contributed by atoms with Gasteiger partial charge in [-0.25, -0.2) is 0 Å². The summed E-state index contributed by atoms with van der Waals surface area (Å²) >= 11 is 1.43. The predicted octanol–water partition coefficient (Wildman–Crippen LogP) is 3.42. The lowest BCUT2D eigenvalue weighted by molar-refractivity contribution is 0.0881. The highest BCUT2D eigenvalue weighted by atomic mass is 32.1. The largest absolute Gasteiger partial charge is 0.507 e. The van der Waals surface area contributed by atoms with Crippen LogP contribution in [-0.4, -0.2) is 43.7 Å². The molecule has 2 bridgehead atoms. The lowest BCUT2D eigenvalue weighted by atomic mass is 9.85. The first-order valence-corrected chi connectivity index (χ1v) is 10.5. The lowest BCUT2D eigenvalue weighted by Gasteiger charge is -2.39. The van der Waals surface area contributed by atoms with E-state index in [4.69, 9.17) is 4.74 Å². The Morgan fingerprint density at radius 1 is 1.04 bits per heavy atom. The zero-order valence-electron chi connectivity index (χ0n) is 15.3. The van der Waals surface area contributed by atoms with Gasteiger partial charge in [0, 0.05) is 29.3 Å². The topological polar surface area (TPSA) is 93.1 Å². The molecule has 2 fully saturated rings. The molecule has 0 spiro atoms. The van der Waals surface area contributed by atoms with E-state index in [1.54, 1.807) is 11.6 Å². The molecule has 2 aromatic heterocycles. The summed E-state index contributed by atoms with van der Waals surface area (Å²) in [5, 5.41) is 31.2. The van der Waals surface area contributed by atoms with E-state index in [2.05, 4.69) is 25.7 Å². The maximum atomic E-state index is 10.4. The van der Waals surface area contributed by atoms with Gasteiger partial charge >= 0.3 is 0 Å². The number of hydrogen-bond donors (Lipinski definition) is 2. The summed E-state index contributed by atoms with van der Waals surface area (Å²) in [6.07, 6.45) is 6.00. The van der Waals surface area contributed by atoms with Crippen LogP contribution in [0, 0.1) is 0 Å². The Bertz CT molecular complexity index is 936. The Kier molecular flexibility index (Phi) is 4.66. The highest BCUT2D eigenvalue weighted by Crippen LogP contribution is 2.33. The van der Waals surface area contributed by atoms with E-state index in [0.717, 1.165) is 23.4 Å². The molecule has 4 heterocycles. The van der Waals surface area contributed by atoms with E-state index < -0.39 is 0 Å². The van der Waals surface area contributed by atoms with Gasteiger partial charge in [0.2, 0.25) is 5.88 Å². The molecule has 0 aliphatic carbocycles. The van der Waals surface area contributed by atoms with Gasteiger partial charge in [0.25, 0.3) is 0 Å². The van der Waals surface area contributed by atoms with Crippen LogP contribution in [0.3, 0.4) is 0 Å². The minimum atomic E-state index is 0.141. The van der Waals surface area contributed by atoms with Gasteiger partial charge in [-0.15, -0.1) is 20.4 Å². The molecule has 2 atom stereocenters. The molecule has 7 nitrogen and oxygen atoms in total. The van der Waals surface area contributed by atoms with E-state index in [1.165, 1.54) is 30.6 Å². The van der Waals surface area contributed by atoms with Gasteiger partial charge in [0.05, 0.1) is 5.69 Å². The minimum absolute atomic E-state index is 0.141. The molecule has 0 radical (unpaired) electrons. The number of nitrogens with one attached hydrogen (secondary N) is 1. The molecule has 5 rings (SSSR count). The molecular formula is C20H21N5O2S. The number of piperidine rings is 2. The Labute approximate surface area is 166 Å². The normalized spacial score (nSPS) is 24.1. The van der Waals surface area contributed by atoms with E-state index >= 15 is 0 Å². The molecule has 2 unspecified atom stereocenters. The minimum Gasteiger partial charge on any atom is -0.507 e. The first-order valence-electron chi connectivity index (χ1n) is 9.61. The number of ether oxygens (including phenoxy) is 1. The first-order chi connectivity index (χ1) is 13.7. The summed E-state index contributed by atoms with van der Waals surface area (Å²) in [7, 11) is 0. The van der Waals surface area contributed by atoms with Crippen molar-refractivity contribution in [2.24, 2.45) is 0 Å². The number of phenolic OH excluding ortho intramolecular Hbond substituents is 1. The number of aromatic nitrogens is 4. The second-order valence-electron chi connectivity index (χ2n) is 7.44. The molecule has 1 aromatic carbocycles. The lowest BCUT2D eigenvalue weighted by Crippen LogP contribution is -2.51. The second-order valence-corrected chi connectivity index (χ2v) is 8.27. The van der Waals surface area contributed by atoms with Gasteiger partial charge in [-0.3, -0.25) is 0 Å². The Hall–Kier alpha value is -2.58. The smallest absolute Gasteiger partial charge is 0.233 e. The van der Waals surface area contributed by atoms with Gasteiger partial charge in [-0.2, -0.15) is 0 Å². The molecule has 28 heavy (non-hydrogen) atoms. The number of nitrogens with zero attached hydrogens (tertiary/aromatic N) is 4. The predicted molar refractivity (Wildman–Crippen MR) is 106 cm³/mol. The maximum absolute atomic E-state index is 10.4. The van der Waals surface area contributed by atoms with E-state index in [1.807, 2.05) is 24.3 Å². The summed E-state index contributed by atoms with van der Waals surface area (Å²) in [6, 6.07) is 10.2. The maximum Gasteiger partial charge on any atom is 0.233 e. The molecule has 2 aliphatic heterocycles. The summed E-state index contributed by atoms with van der Waals surface area (Å²) in [4.78, 5) is 0. The number of phenols is 1. The average molecular weight is 395 g/mol. The van der Waals surface area contributed by atoms with Crippen molar-refractivity contribution in [3.05, 3.63) is 35.8 Å². The molecule has 2 aliphatic rings. The van der Waals surface area contributed by atoms with Crippen LogP contribution in [0.5, 0.6) is 11.6 Å². The van der Waals surface area contributed by atoms with Crippen LogP contribution in [0.1, 0.15) is 32.1 Å². The van der Waals surface area contributed by atoms with Crippen LogP contribution in [0.15, 0.2) is 35.8 Å². The third-order valence-corrected chi connectivity index (χ3v) is 6.22. The first kappa shape index (κ1) is 17.5. The van der Waals surface area contributed by atoms with E-state index in [0.29, 0.717) is 29.2 Å². The van der Waals surface area contributed by atoms with Crippen molar-refractivity contribution >= 4 is 11.3 Å². The molecule has 2 N–H and O–H groups in total. The Morgan fingerprint density at radius 2 is 1.89 bits per heavy atom. The third kappa shape index (κ3) is 3.57. The molecule has 144 valence electrons. The zero-order chi connectivity index (χ0) is 18.9. The van der Waals surface area contributed by atoms with Crippen molar-refractivity contribution in [2.75, 3.05) is 0 Å². The molecule has 8 heteroatoms. The van der Waals surface area contributed by atoms with Gasteiger partial charge in [0.15, 0.2) is 0 Å². The zero-order valence-corrected chi connectivity index (χ0v) is 16.1. The van der Waals surface area contributed by atoms with Crippen LogP contribution < -0.4 is 10.1 Å². The van der Waals surface area contributed by atoms with Crippen LogP contribution in [0.25, 0.3) is 21.8 Å². The fourth-order valence-electron chi connectivity index (χ4n) is 4.19. The monoisotopic (exact) mass is 395 g/mol. The van der Waals surface area contributed by atoms with Crippen LogP contribution >= 0.6 is 11.3 Å². The van der Waals surface area contributed by atoms with Crippen molar-refractivity contribution in [2.45, 2.75) is 50.3 Å². The highest BCUT2D eigenvalue weighted by molar-refractivity contribution is 7.12. The van der Waals surface area contributed by atoms with Crippen molar-refractivity contribution in [1.82, 2.24) is 25.7 Å². The second kappa shape index (κ2) is 7.44. The van der Waals surface area contributed by atoms with Crippen LogP contribution in [0.2, 0.25) is 0 Å². The van der Waals surface area contributed by atoms with Crippen LogP contribution in [-0.2, 0) is 0 Å². The SMILES string of the molecule is Oc1cc(-c2nncs2)ccc1-c1ccc(OC2CC3CCCC(C2)N3)nn1. The fraction of sp³-hybridized carbons (Fsp3) is 0.400. The van der Waals surface area contributed by atoms with E-state index in [-0.39, 0.29) is 11.9 Å². The third-order valence-electron chi connectivity index (χ3n) is 5.48. The summed E-state index contributed by atoms with van der Waals surface area (Å²) in [6.45, 7) is 0. The Balaban J connectivity index is 1.30. The number of rotatable bonds is 4. The number of benzene rings is 1. The summed E-state index contributed by atoms with van der Waals surface area (Å²) in [5.74, 6) is 0.681.